The van der Waals surface area contributed by atoms with Gasteiger partial charge in [-0.05, 0) is 5.92 Å². The Labute approximate surface area is 122 Å². The number of hydrogen-bond acceptors (Lipinski definition) is 5. The van der Waals surface area contributed by atoms with Crippen molar-refractivity contribution < 1.29 is 19.2 Å². The highest BCUT2D eigenvalue weighted by molar-refractivity contribution is 5.99. The fourth-order valence-electron chi connectivity index (χ4n) is 2.24. The third-order valence-corrected chi connectivity index (χ3v) is 3.07. The van der Waals surface area contributed by atoms with Crippen LogP contribution in [0.15, 0.2) is 12.1 Å². The van der Waals surface area contributed by atoms with E-state index in [1.165, 1.54) is 17.0 Å². The van der Waals surface area contributed by atoms with E-state index in [2.05, 4.69) is 0 Å². The second-order valence-electron chi connectivity index (χ2n) is 5.35. The molecule has 0 bridgehead atoms. The summed E-state index contributed by atoms with van der Waals surface area (Å²) in [6.07, 6.45) is 0. The third-order valence-electron chi connectivity index (χ3n) is 3.07. The molecular weight excluding hydrogens is 276 g/mol. The van der Waals surface area contributed by atoms with Gasteiger partial charge in [0, 0.05) is 19.7 Å². The summed E-state index contributed by atoms with van der Waals surface area (Å²) in [5, 5.41) is 11.2. The zero-order chi connectivity index (χ0) is 15.6. The van der Waals surface area contributed by atoms with Crippen LogP contribution in [0.5, 0.6) is 11.5 Å². The minimum absolute atomic E-state index is 0.0207. The van der Waals surface area contributed by atoms with Crippen molar-refractivity contribution in [3.05, 3.63) is 27.8 Å². The van der Waals surface area contributed by atoms with Crippen LogP contribution in [0.3, 0.4) is 0 Å². The van der Waals surface area contributed by atoms with E-state index in [1.807, 2.05) is 13.8 Å². The minimum Gasteiger partial charge on any atom is -0.486 e. The first-order valence-corrected chi connectivity index (χ1v) is 6.73. The van der Waals surface area contributed by atoms with Crippen LogP contribution in [-0.2, 0) is 0 Å². The molecule has 1 aromatic carbocycles. The maximum Gasteiger partial charge on any atom is 0.286 e. The lowest BCUT2D eigenvalue weighted by molar-refractivity contribution is -0.385. The molecule has 0 atom stereocenters. The Hall–Kier alpha value is -2.31. The summed E-state index contributed by atoms with van der Waals surface area (Å²) in [6, 6.07) is 2.65. The summed E-state index contributed by atoms with van der Waals surface area (Å²) < 4.78 is 10.7. The van der Waals surface area contributed by atoms with E-state index in [1.54, 1.807) is 7.05 Å². The molecule has 1 aliphatic rings. The maximum atomic E-state index is 12.4. The Morgan fingerprint density at radius 1 is 1.33 bits per heavy atom. The molecule has 2 rings (SSSR count). The third kappa shape index (κ3) is 3.24. The molecule has 7 heteroatoms. The maximum absolute atomic E-state index is 12.4. The van der Waals surface area contributed by atoms with Crippen molar-refractivity contribution in [2.75, 3.05) is 26.8 Å². The highest BCUT2D eigenvalue weighted by atomic mass is 16.6. The van der Waals surface area contributed by atoms with Crippen LogP contribution in [0, 0.1) is 16.0 Å². The number of hydrogen-bond donors (Lipinski definition) is 0. The Morgan fingerprint density at radius 2 is 1.90 bits per heavy atom. The molecule has 0 unspecified atom stereocenters. The number of ether oxygens (including phenoxy) is 2. The predicted octanol–water partition coefficient (Wildman–Crippen LogP) is 2.09. The molecule has 114 valence electrons. The Morgan fingerprint density at radius 3 is 2.43 bits per heavy atom. The number of carbonyl (C=O) groups is 1. The van der Waals surface area contributed by atoms with Crippen molar-refractivity contribution in [1.29, 1.82) is 0 Å². The van der Waals surface area contributed by atoms with Crippen LogP contribution in [0.25, 0.3) is 0 Å². The van der Waals surface area contributed by atoms with E-state index >= 15 is 0 Å². The quantitative estimate of drug-likeness (QED) is 0.627. The van der Waals surface area contributed by atoms with Gasteiger partial charge in [-0.25, -0.2) is 0 Å². The number of amides is 1. The van der Waals surface area contributed by atoms with E-state index in [-0.39, 0.29) is 17.2 Å². The first-order chi connectivity index (χ1) is 9.90. The molecule has 1 amide bonds. The summed E-state index contributed by atoms with van der Waals surface area (Å²) in [7, 11) is 1.63. The molecule has 1 aliphatic heterocycles. The molecule has 0 N–H and O–H groups in total. The number of nitro groups is 1. The molecule has 0 aliphatic carbocycles. The highest BCUT2D eigenvalue weighted by Crippen LogP contribution is 2.37. The summed E-state index contributed by atoms with van der Waals surface area (Å²) in [5.74, 6) is 0.548. The second kappa shape index (κ2) is 5.99. The van der Waals surface area contributed by atoms with E-state index in [0.717, 1.165) is 0 Å². The molecule has 0 saturated carbocycles. The summed E-state index contributed by atoms with van der Waals surface area (Å²) in [5.41, 5.74) is -0.243. The van der Waals surface area contributed by atoms with Crippen LogP contribution in [-0.4, -0.2) is 42.5 Å². The van der Waals surface area contributed by atoms with Crippen molar-refractivity contribution >= 4 is 11.6 Å². The summed E-state index contributed by atoms with van der Waals surface area (Å²) >= 11 is 0. The molecule has 1 aromatic rings. The topological polar surface area (TPSA) is 81.9 Å². The largest absolute Gasteiger partial charge is 0.486 e. The van der Waals surface area contributed by atoms with Crippen molar-refractivity contribution in [2.45, 2.75) is 13.8 Å². The van der Waals surface area contributed by atoms with Gasteiger partial charge in [0.2, 0.25) is 0 Å². The highest BCUT2D eigenvalue weighted by Gasteiger charge is 2.28. The standard InChI is InChI=1S/C14H18N2O5/c1-9(2)8-15(3)14(17)10-6-12-13(21-5-4-20-12)7-11(10)16(18)19/h6-7,9H,4-5,8H2,1-3H3. The number of fused-ring (bicyclic) bond motifs is 1. The van der Waals surface area contributed by atoms with E-state index < -0.39 is 10.8 Å². The average Bonchev–Trinajstić information content (AvgIpc) is 2.44. The number of nitro benzene ring substituents is 1. The van der Waals surface area contributed by atoms with E-state index in [9.17, 15) is 14.9 Å². The van der Waals surface area contributed by atoms with Gasteiger partial charge in [-0.15, -0.1) is 0 Å². The lowest BCUT2D eigenvalue weighted by Gasteiger charge is -2.22. The fraction of sp³-hybridized carbons (Fsp3) is 0.500. The molecule has 7 nitrogen and oxygen atoms in total. The van der Waals surface area contributed by atoms with E-state index in [4.69, 9.17) is 9.47 Å². The van der Waals surface area contributed by atoms with Gasteiger partial charge in [-0.2, -0.15) is 0 Å². The lowest BCUT2D eigenvalue weighted by atomic mass is 10.1. The number of benzene rings is 1. The molecule has 1 heterocycles. The average molecular weight is 294 g/mol. The van der Waals surface area contributed by atoms with Gasteiger partial charge in [0.25, 0.3) is 11.6 Å². The first-order valence-electron chi connectivity index (χ1n) is 6.73. The molecule has 0 aromatic heterocycles. The van der Waals surface area contributed by atoms with Gasteiger partial charge in [0.15, 0.2) is 11.5 Å². The van der Waals surface area contributed by atoms with Crippen molar-refractivity contribution in [3.63, 3.8) is 0 Å². The number of carbonyl (C=O) groups excluding carboxylic acids is 1. The van der Waals surface area contributed by atoms with Gasteiger partial charge < -0.3 is 14.4 Å². The Bertz CT molecular complexity index is 571. The molecular formula is C14H18N2O5. The van der Waals surface area contributed by atoms with Crippen molar-refractivity contribution in [1.82, 2.24) is 4.90 Å². The second-order valence-corrected chi connectivity index (χ2v) is 5.35. The molecule has 21 heavy (non-hydrogen) atoms. The minimum atomic E-state index is -0.575. The number of rotatable bonds is 4. The van der Waals surface area contributed by atoms with Crippen LogP contribution < -0.4 is 9.47 Å². The molecule has 0 fully saturated rings. The number of nitrogens with zero attached hydrogens (tertiary/aromatic N) is 2. The molecule has 0 radical (unpaired) electrons. The lowest BCUT2D eigenvalue weighted by Crippen LogP contribution is -2.31. The smallest absolute Gasteiger partial charge is 0.286 e. The predicted molar refractivity (Wildman–Crippen MR) is 75.9 cm³/mol. The van der Waals surface area contributed by atoms with E-state index in [0.29, 0.717) is 31.3 Å². The van der Waals surface area contributed by atoms with Gasteiger partial charge in [0.1, 0.15) is 18.8 Å². The Balaban J connectivity index is 2.41. The van der Waals surface area contributed by atoms with Crippen LogP contribution >= 0.6 is 0 Å². The van der Waals surface area contributed by atoms with Crippen molar-refractivity contribution in [2.24, 2.45) is 5.92 Å². The molecule has 0 spiro atoms. The van der Waals surface area contributed by atoms with Gasteiger partial charge in [-0.3, -0.25) is 14.9 Å². The summed E-state index contributed by atoms with van der Waals surface area (Å²) in [6.45, 7) is 5.17. The Kier molecular flexibility index (Phi) is 4.30. The van der Waals surface area contributed by atoms with Crippen LogP contribution in [0.2, 0.25) is 0 Å². The first kappa shape index (κ1) is 15.1. The monoisotopic (exact) mass is 294 g/mol. The van der Waals surface area contributed by atoms with Crippen molar-refractivity contribution in [3.8, 4) is 11.5 Å². The van der Waals surface area contributed by atoms with Crippen LogP contribution in [0.1, 0.15) is 24.2 Å². The SMILES string of the molecule is CC(C)CN(C)C(=O)c1cc2c(cc1[N+](=O)[O-])OCCO2. The zero-order valence-electron chi connectivity index (χ0n) is 12.3. The zero-order valence-corrected chi connectivity index (χ0v) is 12.3. The molecule has 0 saturated heterocycles. The fourth-order valence-corrected chi connectivity index (χ4v) is 2.24. The normalized spacial score (nSPS) is 13.1. The van der Waals surface area contributed by atoms with Gasteiger partial charge in [0.05, 0.1) is 11.0 Å². The van der Waals surface area contributed by atoms with Gasteiger partial charge in [-0.1, -0.05) is 13.8 Å². The van der Waals surface area contributed by atoms with Crippen LogP contribution in [0.4, 0.5) is 5.69 Å². The van der Waals surface area contributed by atoms with Gasteiger partial charge >= 0.3 is 0 Å². The summed E-state index contributed by atoms with van der Waals surface area (Å²) in [4.78, 5) is 24.5.